The van der Waals surface area contributed by atoms with E-state index >= 15 is 0 Å². The number of carbonyl (C=O) groups is 3. The zero-order valence-electron chi connectivity index (χ0n) is 26.1. The molecule has 3 aromatic carbocycles. The maximum Gasteiger partial charge on any atom is 1.00 e. The van der Waals surface area contributed by atoms with Gasteiger partial charge in [0.1, 0.15) is 25.8 Å². The van der Waals surface area contributed by atoms with Gasteiger partial charge in [-0.1, -0.05) is 48.5 Å². The van der Waals surface area contributed by atoms with Crippen LogP contribution in [0, 0.1) is 0 Å². The molecule has 3 heterocycles. The summed E-state index contributed by atoms with van der Waals surface area (Å²) in [5.41, 5.74) is 5.01. The van der Waals surface area contributed by atoms with Gasteiger partial charge >= 0.3 is 65.1 Å². The van der Waals surface area contributed by atoms with Gasteiger partial charge in [-0.05, 0) is 41.0 Å². The summed E-state index contributed by atoms with van der Waals surface area (Å²) in [6, 6.07) is 19.6. The molecular weight excluding hydrogens is 665 g/mol. The van der Waals surface area contributed by atoms with Crippen molar-refractivity contribution in [3.05, 3.63) is 95.0 Å². The number of carbonyl (C=O) groups excluding carboxylic acids is 3. The molecule has 17 heteroatoms. The smallest absolute Gasteiger partial charge is 0.780 e. The second-order valence-electron chi connectivity index (χ2n) is 10.9. The molecule has 2 fully saturated rings. The van der Waals surface area contributed by atoms with Crippen molar-refractivity contribution in [1.82, 2.24) is 30.1 Å². The number of nitrogens with one attached hydrogen (secondary N) is 1. The number of hydrogen-bond donors (Lipinski definition) is 1. The molecule has 6 rings (SSSR count). The number of thiazole rings is 1. The Bertz CT molecular complexity index is 1780. The van der Waals surface area contributed by atoms with Gasteiger partial charge in [0.05, 0.1) is 28.8 Å². The predicted octanol–water partition coefficient (Wildman–Crippen LogP) is -4.31. The Labute approximate surface area is 319 Å². The van der Waals surface area contributed by atoms with Crippen LogP contribution in [0.15, 0.2) is 78.3 Å². The third-order valence-corrected chi connectivity index (χ3v) is 9.00. The largest absolute Gasteiger partial charge is 1.00 e. The van der Waals surface area contributed by atoms with Gasteiger partial charge in [0.15, 0.2) is 0 Å². The van der Waals surface area contributed by atoms with E-state index in [1.54, 1.807) is 22.5 Å². The van der Waals surface area contributed by atoms with Gasteiger partial charge in [-0.3, -0.25) is 9.59 Å². The number of likely N-dealkylation sites (N-methyl/N-ethyl adjacent to an activating group) is 1. The van der Waals surface area contributed by atoms with Crippen LogP contribution < -0.4 is 78.7 Å². The van der Waals surface area contributed by atoms with E-state index in [4.69, 9.17) is 0 Å². The van der Waals surface area contributed by atoms with Gasteiger partial charge in [0, 0.05) is 26.6 Å². The molecule has 2 aliphatic heterocycles. The zero-order valence-corrected chi connectivity index (χ0v) is 31.9. The number of hydrazine groups is 1. The minimum Gasteiger partial charge on any atom is -0.780 e. The molecular formula is C30H29N6Na2O7PS. The number of hydrogen-bond acceptors (Lipinski definition) is 10. The Morgan fingerprint density at radius 1 is 1.02 bits per heavy atom. The maximum atomic E-state index is 14.1. The number of urea groups is 1. The van der Waals surface area contributed by atoms with Gasteiger partial charge in [-0.25, -0.2) is 19.8 Å². The summed E-state index contributed by atoms with van der Waals surface area (Å²) in [6.07, 6.45) is -0.710. The van der Waals surface area contributed by atoms with Crippen molar-refractivity contribution >= 4 is 47.2 Å². The Morgan fingerprint density at radius 2 is 1.72 bits per heavy atom. The van der Waals surface area contributed by atoms with Crippen LogP contribution in [0.4, 0.5) is 4.79 Å². The molecule has 2 aliphatic rings. The third kappa shape index (κ3) is 8.83. The van der Waals surface area contributed by atoms with Crippen molar-refractivity contribution < 1.29 is 92.4 Å². The molecule has 234 valence electrons. The van der Waals surface area contributed by atoms with Crippen molar-refractivity contribution in [2.75, 3.05) is 20.1 Å². The van der Waals surface area contributed by atoms with Crippen LogP contribution in [0.5, 0.6) is 5.75 Å². The average molecular weight is 695 g/mol. The molecule has 47 heavy (non-hydrogen) atoms. The second-order valence-corrected chi connectivity index (χ2v) is 12.8. The van der Waals surface area contributed by atoms with E-state index in [1.165, 1.54) is 45.5 Å². The van der Waals surface area contributed by atoms with Crippen LogP contribution in [0.1, 0.15) is 16.7 Å². The van der Waals surface area contributed by atoms with Crippen LogP contribution in [0.2, 0.25) is 0 Å². The predicted molar refractivity (Wildman–Crippen MR) is 161 cm³/mol. The molecule has 2 atom stereocenters. The number of nitrogens with zero attached hydrogens (tertiary/aromatic N) is 5. The van der Waals surface area contributed by atoms with E-state index in [0.29, 0.717) is 5.56 Å². The Balaban J connectivity index is 0.00000250. The van der Waals surface area contributed by atoms with E-state index in [2.05, 4.69) is 14.8 Å². The molecule has 1 aromatic heterocycles. The Kier molecular flexibility index (Phi) is 12.7. The summed E-state index contributed by atoms with van der Waals surface area (Å²) in [5, 5.41) is 5.99. The fraction of sp³-hybridized carbons (Fsp3) is 0.267. The topological polar surface area (TPSA) is 162 Å². The van der Waals surface area contributed by atoms with Crippen LogP contribution in [-0.4, -0.2) is 75.0 Å². The number of fused-ring (bicyclic) bond motifs is 2. The third-order valence-electron chi connectivity index (χ3n) is 7.77. The first-order valence-electron chi connectivity index (χ1n) is 14.1. The first kappa shape index (κ1) is 37.5. The summed E-state index contributed by atoms with van der Waals surface area (Å²) in [7, 11) is -3.58. The van der Waals surface area contributed by atoms with Gasteiger partial charge in [0.25, 0.3) is 0 Å². The van der Waals surface area contributed by atoms with E-state index in [9.17, 15) is 28.7 Å². The molecule has 13 nitrogen and oxygen atoms in total. The average Bonchev–Trinajstić information content (AvgIpc) is 3.47. The molecule has 2 saturated heterocycles. The molecule has 0 aliphatic carbocycles. The standard InChI is InChI=1S/C30H31N6O7PS.2Na/c1-33-18-28(37)35-25(13-20-7-10-23(11-8-20)43-44(40,41)42)29(38)34(16-22-9-12-24-26(14-22)45-19-32-24)17-27(35)36(33)30(39)31-15-21-5-3-2-4-6-21;;/h2-12,14,19,25,27H,13,15-18H2,1H3,(H,31,39)(H2,40,41,42);;/q;2*+1/p-2/t25-,27-;;/m0../s1. The quantitative estimate of drug-likeness (QED) is 0.142. The molecule has 4 amide bonds. The summed E-state index contributed by atoms with van der Waals surface area (Å²) < 4.78 is 16.4. The molecule has 0 saturated carbocycles. The molecule has 0 bridgehead atoms. The van der Waals surface area contributed by atoms with Gasteiger partial charge in [-0.2, -0.15) is 0 Å². The van der Waals surface area contributed by atoms with Crippen LogP contribution >= 0.6 is 19.2 Å². The van der Waals surface area contributed by atoms with Crippen molar-refractivity contribution in [1.29, 1.82) is 0 Å². The summed E-state index contributed by atoms with van der Waals surface area (Å²) >= 11 is 1.50. The van der Waals surface area contributed by atoms with Crippen LogP contribution in [-0.2, 0) is 33.7 Å². The number of benzene rings is 3. The minimum absolute atomic E-state index is 0. The zero-order chi connectivity index (χ0) is 31.7. The monoisotopic (exact) mass is 694 g/mol. The van der Waals surface area contributed by atoms with E-state index in [0.717, 1.165) is 21.3 Å². The normalized spacial score (nSPS) is 18.3. The first-order chi connectivity index (χ1) is 21.6. The summed E-state index contributed by atoms with van der Waals surface area (Å²) in [6.45, 7) is 0.496. The van der Waals surface area contributed by atoms with Crippen LogP contribution in [0.25, 0.3) is 10.2 Å². The number of phosphoric ester groups is 1. The summed E-state index contributed by atoms with van der Waals surface area (Å²) in [4.78, 5) is 70.8. The van der Waals surface area contributed by atoms with E-state index in [1.807, 2.05) is 48.5 Å². The molecule has 0 radical (unpaired) electrons. The fourth-order valence-corrected chi connectivity index (χ4v) is 6.88. The van der Waals surface area contributed by atoms with Crippen molar-refractivity contribution in [3.8, 4) is 5.75 Å². The van der Waals surface area contributed by atoms with Gasteiger partial charge in [-0.15, -0.1) is 11.3 Å². The number of phosphoric acid groups is 1. The number of amides is 4. The first-order valence-corrected chi connectivity index (χ1v) is 16.4. The molecule has 1 N–H and O–H groups in total. The Morgan fingerprint density at radius 3 is 2.43 bits per heavy atom. The number of aromatic nitrogens is 1. The molecule has 0 unspecified atom stereocenters. The van der Waals surface area contributed by atoms with Crippen molar-refractivity contribution in [2.45, 2.75) is 31.7 Å². The van der Waals surface area contributed by atoms with Crippen molar-refractivity contribution in [2.24, 2.45) is 0 Å². The van der Waals surface area contributed by atoms with Gasteiger partial charge < -0.3 is 34.0 Å². The Hall–Kier alpha value is -2.33. The molecule has 0 spiro atoms. The molecule has 4 aromatic rings. The summed E-state index contributed by atoms with van der Waals surface area (Å²) in [5.74, 6) is -0.753. The van der Waals surface area contributed by atoms with Gasteiger partial charge in [0.2, 0.25) is 11.8 Å². The number of piperazine rings is 1. The number of rotatable bonds is 8. The van der Waals surface area contributed by atoms with Crippen LogP contribution in [0.3, 0.4) is 0 Å². The maximum absolute atomic E-state index is 14.1. The second kappa shape index (κ2) is 15.9. The van der Waals surface area contributed by atoms with Crippen molar-refractivity contribution in [3.63, 3.8) is 0 Å². The SMILES string of the molecule is CN1CC(=O)N2[C@@H](Cc3ccc(OP(=O)([O-])[O-])cc3)C(=O)N(Cc3ccc4ncsc4c3)C[C@@H]2N1C(=O)NCc1ccccc1.[Na+].[Na+]. The minimum atomic E-state index is -5.24. The fourth-order valence-electron chi connectivity index (χ4n) is 5.76. The van der Waals surface area contributed by atoms with E-state index < -0.39 is 26.1 Å². The van der Waals surface area contributed by atoms with E-state index in [-0.39, 0.29) is 109 Å².